The smallest absolute Gasteiger partial charge is 0.0356 e. The summed E-state index contributed by atoms with van der Waals surface area (Å²) in [5.41, 5.74) is 6.44. The molecule has 3 nitrogen and oxygen atoms in total. The van der Waals surface area contributed by atoms with E-state index >= 15 is 0 Å². The SMILES string of the molecule is CC(C)N1CCC(CN)(N2CCSCC2)CC1. The van der Waals surface area contributed by atoms with Crippen LogP contribution in [0, 0.1) is 0 Å². The lowest BCUT2D eigenvalue weighted by atomic mass is 9.85. The van der Waals surface area contributed by atoms with Gasteiger partial charge in [0.25, 0.3) is 0 Å². The summed E-state index contributed by atoms with van der Waals surface area (Å²) in [5.74, 6) is 2.57. The summed E-state index contributed by atoms with van der Waals surface area (Å²) in [7, 11) is 0. The van der Waals surface area contributed by atoms with Crippen molar-refractivity contribution in [2.45, 2.75) is 38.3 Å². The van der Waals surface area contributed by atoms with Crippen LogP contribution in [0.3, 0.4) is 0 Å². The van der Waals surface area contributed by atoms with Crippen LogP contribution in [0.2, 0.25) is 0 Å². The molecule has 2 aliphatic heterocycles. The van der Waals surface area contributed by atoms with E-state index in [0.717, 1.165) is 6.54 Å². The zero-order chi connectivity index (χ0) is 12.3. The first-order valence-electron chi connectivity index (χ1n) is 6.95. The van der Waals surface area contributed by atoms with E-state index in [0.29, 0.717) is 11.6 Å². The molecule has 0 spiro atoms. The highest BCUT2D eigenvalue weighted by atomic mass is 32.2. The van der Waals surface area contributed by atoms with Crippen LogP contribution in [0.5, 0.6) is 0 Å². The molecule has 2 saturated heterocycles. The number of hydrogen-bond acceptors (Lipinski definition) is 4. The van der Waals surface area contributed by atoms with Gasteiger partial charge in [0, 0.05) is 55.8 Å². The standard InChI is InChI=1S/C13H27N3S/c1-12(2)15-5-3-13(11-14,4-6-15)16-7-9-17-10-8-16/h12H,3-11,14H2,1-2H3. The Labute approximate surface area is 110 Å². The minimum absolute atomic E-state index is 0.312. The van der Waals surface area contributed by atoms with Crippen molar-refractivity contribution < 1.29 is 0 Å². The number of thioether (sulfide) groups is 1. The van der Waals surface area contributed by atoms with Gasteiger partial charge in [-0.2, -0.15) is 11.8 Å². The van der Waals surface area contributed by atoms with E-state index in [1.807, 2.05) is 0 Å². The molecule has 0 amide bonds. The third-order valence-electron chi connectivity index (χ3n) is 4.52. The predicted octanol–water partition coefficient (Wildman–Crippen LogP) is 1.24. The molecule has 2 heterocycles. The molecule has 0 aromatic heterocycles. The van der Waals surface area contributed by atoms with E-state index in [1.54, 1.807) is 0 Å². The van der Waals surface area contributed by atoms with E-state index in [1.165, 1.54) is 50.5 Å². The van der Waals surface area contributed by atoms with E-state index < -0.39 is 0 Å². The highest BCUT2D eigenvalue weighted by Gasteiger charge is 2.39. The van der Waals surface area contributed by atoms with Crippen molar-refractivity contribution in [3.63, 3.8) is 0 Å². The van der Waals surface area contributed by atoms with E-state index in [4.69, 9.17) is 5.73 Å². The molecule has 2 N–H and O–H groups in total. The Morgan fingerprint density at radius 3 is 2.18 bits per heavy atom. The molecule has 2 fully saturated rings. The number of piperidine rings is 1. The monoisotopic (exact) mass is 257 g/mol. The molecule has 0 atom stereocenters. The first kappa shape index (κ1) is 13.7. The Bertz CT molecular complexity index is 231. The molecule has 0 unspecified atom stereocenters. The van der Waals surface area contributed by atoms with Gasteiger partial charge < -0.3 is 10.6 Å². The van der Waals surface area contributed by atoms with Crippen LogP contribution in [0.15, 0.2) is 0 Å². The zero-order valence-electron chi connectivity index (χ0n) is 11.3. The van der Waals surface area contributed by atoms with Gasteiger partial charge in [0.15, 0.2) is 0 Å². The maximum absolute atomic E-state index is 6.12. The van der Waals surface area contributed by atoms with Crippen LogP contribution in [-0.2, 0) is 0 Å². The third kappa shape index (κ3) is 2.98. The highest BCUT2D eigenvalue weighted by Crippen LogP contribution is 2.30. The van der Waals surface area contributed by atoms with Crippen LogP contribution in [0.25, 0.3) is 0 Å². The maximum Gasteiger partial charge on any atom is 0.0356 e. The van der Waals surface area contributed by atoms with Crippen molar-refractivity contribution in [1.82, 2.24) is 9.80 Å². The van der Waals surface area contributed by atoms with Crippen LogP contribution >= 0.6 is 11.8 Å². The molecule has 0 radical (unpaired) electrons. The molecule has 2 aliphatic rings. The minimum Gasteiger partial charge on any atom is -0.329 e. The molecule has 17 heavy (non-hydrogen) atoms. The Kier molecular flexibility index (Phi) is 4.75. The van der Waals surface area contributed by atoms with Crippen LogP contribution in [0.1, 0.15) is 26.7 Å². The second kappa shape index (κ2) is 5.91. The summed E-state index contributed by atoms with van der Waals surface area (Å²) in [6.45, 7) is 10.4. The molecule has 0 aromatic rings. The van der Waals surface area contributed by atoms with Gasteiger partial charge >= 0.3 is 0 Å². The number of nitrogens with two attached hydrogens (primary N) is 1. The number of likely N-dealkylation sites (tertiary alicyclic amines) is 1. The second-order valence-corrected chi connectivity index (χ2v) is 6.88. The maximum atomic E-state index is 6.12. The van der Waals surface area contributed by atoms with Crippen molar-refractivity contribution in [2.75, 3.05) is 44.2 Å². The largest absolute Gasteiger partial charge is 0.329 e. The van der Waals surface area contributed by atoms with Gasteiger partial charge in [0.05, 0.1) is 0 Å². The summed E-state index contributed by atoms with van der Waals surface area (Å²) in [4.78, 5) is 5.27. The average Bonchev–Trinajstić information content (AvgIpc) is 2.40. The van der Waals surface area contributed by atoms with Crippen molar-refractivity contribution in [2.24, 2.45) is 5.73 Å². The Hall–Kier alpha value is 0.230. The fourth-order valence-corrected chi connectivity index (χ4v) is 4.05. The van der Waals surface area contributed by atoms with E-state index in [-0.39, 0.29) is 0 Å². The number of nitrogens with zero attached hydrogens (tertiary/aromatic N) is 2. The first-order chi connectivity index (χ1) is 8.18. The zero-order valence-corrected chi connectivity index (χ0v) is 12.1. The van der Waals surface area contributed by atoms with Gasteiger partial charge in [0.2, 0.25) is 0 Å². The first-order valence-corrected chi connectivity index (χ1v) is 8.10. The lowest BCUT2D eigenvalue weighted by molar-refractivity contribution is 0.0241. The summed E-state index contributed by atoms with van der Waals surface area (Å²) in [6.07, 6.45) is 2.51. The Balaban J connectivity index is 1.96. The molecule has 0 aromatic carbocycles. The predicted molar refractivity (Wildman–Crippen MR) is 76.6 cm³/mol. The summed E-state index contributed by atoms with van der Waals surface area (Å²) < 4.78 is 0. The summed E-state index contributed by atoms with van der Waals surface area (Å²) in [5, 5.41) is 0. The topological polar surface area (TPSA) is 32.5 Å². The molecular formula is C13H27N3S. The van der Waals surface area contributed by atoms with Gasteiger partial charge in [-0.1, -0.05) is 0 Å². The number of hydrogen-bond donors (Lipinski definition) is 1. The van der Waals surface area contributed by atoms with Crippen molar-refractivity contribution in [1.29, 1.82) is 0 Å². The highest BCUT2D eigenvalue weighted by molar-refractivity contribution is 7.99. The number of rotatable bonds is 3. The molecule has 4 heteroatoms. The molecule has 0 saturated carbocycles. The second-order valence-electron chi connectivity index (χ2n) is 5.66. The van der Waals surface area contributed by atoms with E-state index in [2.05, 4.69) is 35.4 Å². The fraction of sp³-hybridized carbons (Fsp3) is 1.00. The average molecular weight is 257 g/mol. The van der Waals surface area contributed by atoms with Crippen LogP contribution < -0.4 is 5.73 Å². The van der Waals surface area contributed by atoms with Crippen LogP contribution in [0.4, 0.5) is 0 Å². The molecule has 2 rings (SSSR count). The lowest BCUT2D eigenvalue weighted by Crippen LogP contribution is -2.61. The third-order valence-corrected chi connectivity index (χ3v) is 5.46. The van der Waals surface area contributed by atoms with Crippen molar-refractivity contribution in [3.8, 4) is 0 Å². The van der Waals surface area contributed by atoms with Gasteiger partial charge in [-0.15, -0.1) is 0 Å². The molecule has 0 bridgehead atoms. The van der Waals surface area contributed by atoms with Crippen molar-refractivity contribution in [3.05, 3.63) is 0 Å². The van der Waals surface area contributed by atoms with Gasteiger partial charge in [-0.3, -0.25) is 4.90 Å². The Morgan fingerprint density at radius 2 is 1.71 bits per heavy atom. The molecule has 100 valence electrons. The van der Waals surface area contributed by atoms with Crippen LogP contribution in [-0.4, -0.2) is 65.6 Å². The molecular weight excluding hydrogens is 230 g/mol. The summed E-state index contributed by atoms with van der Waals surface area (Å²) >= 11 is 2.08. The fourth-order valence-electron chi connectivity index (χ4n) is 3.14. The molecule has 0 aliphatic carbocycles. The van der Waals surface area contributed by atoms with Gasteiger partial charge in [0.1, 0.15) is 0 Å². The minimum atomic E-state index is 0.312. The Morgan fingerprint density at radius 1 is 1.12 bits per heavy atom. The lowest BCUT2D eigenvalue weighted by Gasteiger charge is -2.50. The van der Waals surface area contributed by atoms with E-state index in [9.17, 15) is 0 Å². The quantitative estimate of drug-likeness (QED) is 0.824. The van der Waals surface area contributed by atoms with Crippen molar-refractivity contribution >= 4 is 11.8 Å². The van der Waals surface area contributed by atoms with Gasteiger partial charge in [-0.05, 0) is 26.7 Å². The summed E-state index contributed by atoms with van der Waals surface area (Å²) in [6, 6.07) is 0.683. The normalized spacial score (nSPS) is 27.5. The van der Waals surface area contributed by atoms with Gasteiger partial charge in [-0.25, -0.2) is 0 Å².